The number of aryl methyl sites for hydroxylation is 1. The van der Waals surface area contributed by atoms with Crippen LogP contribution in [-0.2, 0) is 4.74 Å². The van der Waals surface area contributed by atoms with E-state index >= 15 is 0 Å². The third kappa shape index (κ3) is 3.14. The molecule has 1 aromatic carbocycles. The minimum absolute atomic E-state index is 0.0870. The van der Waals surface area contributed by atoms with Crippen molar-refractivity contribution >= 4 is 21.9 Å². The summed E-state index contributed by atoms with van der Waals surface area (Å²) in [6, 6.07) is 6.10. The highest BCUT2D eigenvalue weighted by atomic mass is 79.9. The molecule has 0 amide bonds. The van der Waals surface area contributed by atoms with E-state index < -0.39 is 11.8 Å². The summed E-state index contributed by atoms with van der Waals surface area (Å²) in [4.78, 5) is 15.2. The number of carbonyl (C=O) groups is 1. The van der Waals surface area contributed by atoms with Gasteiger partial charge in [-0.3, -0.25) is 0 Å². The fourth-order valence-electron chi connectivity index (χ4n) is 1.52. The van der Waals surface area contributed by atoms with E-state index in [1.54, 1.807) is 13.0 Å². The third-order valence-electron chi connectivity index (χ3n) is 2.52. The SMILES string of the molecule is COC(=O)c1cc(Br)c(Oc2ccc(C)cc2F)cn1. The van der Waals surface area contributed by atoms with Crippen LogP contribution in [0.3, 0.4) is 0 Å². The first kappa shape index (κ1) is 14.5. The molecule has 2 aromatic rings. The predicted molar refractivity (Wildman–Crippen MR) is 74.5 cm³/mol. The number of benzene rings is 1. The maximum atomic E-state index is 13.7. The molecule has 0 spiro atoms. The van der Waals surface area contributed by atoms with Gasteiger partial charge in [0.1, 0.15) is 5.69 Å². The zero-order valence-corrected chi connectivity index (χ0v) is 12.4. The lowest BCUT2D eigenvalue weighted by atomic mass is 10.2. The van der Waals surface area contributed by atoms with Crippen LogP contribution in [0.15, 0.2) is 34.9 Å². The number of pyridine rings is 1. The van der Waals surface area contributed by atoms with E-state index in [1.807, 2.05) is 0 Å². The van der Waals surface area contributed by atoms with Crippen molar-refractivity contribution in [3.05, 3.63) is 52.0 Å². The third-order valence-corrected chi connectivity index (χ3v) is 3.14. The van der Waals surface area contributed by atoms with Gasteiger partial charge < -0.3 is 9.47 Å². The van der Waals surface area contributed by atoms with E-state index in [9.17, 15) is 9.18 Å². The Balaban J connectivity index is 2.28. The van der Waals surface area contributed by atoms with Gasteiger partial charge in [0, 0.05) is 0 Å². The number of hydrogen-bond acceptors (Lipinski definition) is 4. The van der Waals surface area contributed by atoms with Gasteiger partial charge in [-0.25, -0.2) is 14.2 Å². The summed E-state index contributed by atoms with van der Waals surface area (Å²) in [5.74, 6) is -0.628. The summed E-state index contributed by atoms with van der Waals surface area (Å²) in [5.41, 5.74) is 0.934. The second-order valence-corrected chi connectivity index (χ2v) is 4.88. The van der Waals surface area contributed by atoms with Crippen molar-refractivity contribution < 1.29 is 18.7 Å². The second kappa shape index (κ2) is 6.00. The van der Waals surface area contributed by atoms with Gasteiger partial charge in [0.25, 0.3) is 0 Å². The van der Waals surface area contributed by atoms with Crippen molar-refractivity contribution in [1.29, 1.82) is 0 Å². The molecule has 1 aromatic heterocycles. The lowest BCUT2D eigenvalue weighted by molar-refractivity contribution is 0.0594. The van der Waals surface area contributed by atoms with Crippen LogP contribution in [0.5, 0.6) is 11.5 Å². The summed E-state index contributed by atoms with van der Waals surface area (Å²) in [6.45, 7) is 1.79. The molecule has 104 valence electrons. The van der Waals surface area contributed by atoms with Crippen LogP contribution in [0, 0.1) is 12.7 Å². The van der Waals surface area contributed by atoms with Gasteiger partial charge in [-0.1, -0.05) is 6.07 Å². The first-order valence-electron chi connectivity index (χ1n) is 5.69. The largest absolute Gasteiger partial charge is 0.464 e. The van der Waals surface area contributed by atoms with Crippen LogP contribution >= 0.6 is 15.9 Å². The molecule has 0 aliphatic heterocycles. The Morgan fingerprint density at radius 1 is 1.30 bits per heavy atom. The average Bonchev–Trinajstić information content (AvgIpc) is 2.42. The zero-order chi connectivity index (χ0) is 14.7. The highest BCUT2D eigenvalue weighted by molar-refractivity contribution is 9.10. The molecule has 6 heteroatoms. The molecule has 0 saturated carbocycles. The van der Waals surface area contributed by atoms with Crippen LogP contribution in [-0.4, -0.2) is 18.1 Å². The number of rotatable bonds is 3. The van der Waals surface area contributed by atoms with Crippen molar-refractivity contribution in [2.75, 3.05) is 7.11 Å². The molecule has 0 unspecified atom stereocenters. The van der Waals surface area contributed by atoms with E-state index in [1.165, 1.54) is 31.5 Å². The highest BCUT2D eigenvalue weighted by Gasteiger charge is 2.13. The van der Waals surface area contributed by atoms with Gasteiger partial charge in [0.2, 0.25) is 0 Å². The highest BCUT2D eigenvalue weighted by Crippen LogP contribution is 2.31. The molecular weight excluding hydrogens is 329 g/mol. The van der Waals surface area contributed by atoms with Gasteiger partial charge in [-0.05, 0) is 46.6 Å². The number of methoxy groups -OCH3 is 1. The molecule has 20 heavy (non-hydrogen) atoms. The molecule has 1 heterocycles. The van der Waals surface area contributed by atoms with E-state index in [4.69, 9.17) is 4.74 Å². The molecule has 0 bridgehead atoms. The first-order valence-corrected chi connectivity index (χ1v) is 6.48. The monoisotopic (exact) mass is 339 g/mol. The molecular formula is C14H11BrFNO3. The van der Waals surface area contributed by atoms with E-state index in [-0.39, 0.29) is 11.4 Å². The molecule has 0 aliphatic rings. The first-order chi connectivity index (χ1) is 9.51. The van der Waals surface area contributed by atoms with Gasteiger partial charge in [0.15, 0.2) is 17.3 Å². The summed E-state index contributed by atoms with van der Waals surface area (Å²) in [5, 5.41) is 0. The molecule has 0 radical (unpaired) electrons. The smallest absolute Gasteiger partial charge is 0.356 e. The molecule has 2 rings (SSSR count). The van der Waals surface area contributed by atoms with Crippen LogP contribution in [0.2, 0.25) is 0 Å². The van der Waals surface area contributed by atoms with Crippen LogP contribution in [0.4, 0.5) is 4.39 Å². The minimum atomic E-state index is -0.557. The topological polar surface area (TPSA) is 48.4 Å². The number of aromatic nitrogens is 1. The predicted octanol–water partition coefficient (Wildman–Crippen LogP) is 3.87. The van der Waals surface area contributed by atoms with Crippen LogP contribution in [0.1, 0.15) is 16.1 Å². The minimum Gasteiger partial charge on any atom is -0.464 e. The Kier molecular flexibility index (Phi) is 4.34. The summed E-state index contributed by atoms with van der Waals surface area (Å²) in [6.07, 6.45) is 1.33. The Morgan fingerprint density at radius 2 is 2.05 bits per heavy atom. The molecule has 0 atom stereocenters. The van der Waals surface area contributed by atoms with E-state index in [0.717, 1.165) is 5.56 Å². The average molecular weight is 340 g/mol. The zero-order valence-electron chi connectivity index (χ0n) is 10.8. The van der Waals surface area contributed by atoms with Gasteiger partial charge >= 0.3 is 5.97 Å². The fourth-order valence-corrected chi connectivity index (χ4v) is 1.92. The lowest BCUT2D eigenvalue weighted by Crippen LogP contribution is -2.04. The fraction of sp³-hybridized carbons (Fsp3) is 0.143. The maximum absolute atomic E-state index is 13.7. The number of carbonyl (C=O) groups excluding carboxylic acids is 1. The van der Waals surface area contributed by atoms with Crippen molar-refractivity contribution in [3.63, 3.8) is 0 Å². The number of nitrogens with zero attached hydrogens (tertiary/aromatic N) is 1. The van der Waals surface area contributed by atoms with E-state index in [0.29, 0.717) is 10.2 Å². The van der Waals surface area contributed by atoms with Crippen molar-refractivity contribution in [2.45, 2.75) is 6.92 Å². The second-order valence-electron chi connectivity index (χ2n) is 4.03. The molecule has 4 nitrogen and oxygen atoms in total. The van der Waals surface area contributed by atoms with Gasteiger partial charge in [0.05, 0.1) is 17.8 Å². The Labute approximate surface area is 123 Å². The summed E-state index contributed by atoms with van der Waals surface area (Å²) in [7, 11) is 1.27. The maximum Gasteiger partial charge on any atom is 0.356 e. The number of hydrogen-bond donors (Lipinski definition) is 0. The van der Waals surface area contributed by atoms with Crippen molar-refractivity contribution in [3.8, 4) is 11.5 Å². The molecule has 0 fully saturated rings. The molecule has 0 aliphatic carbocycles. The Hall–Kier alpha value is -1.95. The molecule has 0 saturated heterocycles. The Morgan fingerprint density at radius 3 is 2.65 bits per heavy atom. The quantitative estimate of drug-likeness (QED) is 0.796. The van der Waals surface area contributed by atoms with Crippen molar-refractivity contribution in [2.24, 2.45) is 0 Å². The van der Waals surface area contributed by atoms with E-state index in [2.05, 4.69) is 25.7 Å². The van der Waals surface area contributed by atoms with Crippen LogP contribution in [0.25, 0.3) is 0 Å². The standard InChI is InChI=1S/C14H11BrFNO3/c1-8-3-4-12(10(16)5-8)20-13-7-17-11(6-9(13)15)14(18)19-2/h3-7H,1-2H3. The summed E-state index contributed by atoms with van der Waals surface area (Å²) >= 11 is 3.25. The van der Waals surface area contributed by atoms with Crippen LogP contribution < -0.4 is 4.74 Å². The Bertz CT molecular complexity index is 661. The number of esters is 1. The summed E-state index contributed by atoms with van der Waals surface area (Å²) < 4.78 is 24.2. The molecule has 0 N–H and O–H groups in total. The van der Waals surface area contributed by atoms with Gasteiger partial charge in [-0.2, -0.15) is 0 Å². The normalized spacial score (nSPS) is 10.2. The lowest BCUT2D eigenvalue weighted by Gasteiger charge is -2.09. The number of ether oxygens (including phenoxy) is 2. The number of halogens is 2. The van der Waals surface area contributed by atoms with Gasteiger partial charge in [-0.15, -0.1) is 0 Å². The van der Waals surface area contributed by atoms with Crippen molar-refractivity contribution in [1.82, 2.24) is 4.98 Å².